The Morgan fingerprint density at radius 1 is 1.17 bits per heavy atom. The van der Waals surface area contributed by atoms with Crippen LogP contribution in [0.5, 0.6) is 0 Å². The van der Waals surface area contributed by atoms with E-state index in [4.69, 9.17) is 9.47 Å². The molecule has 0 spiro atoms. The van der Waals surface area contributed by atoms with E-state index in [0.29, 0.717) is 5.75 Å². The molecule has 0 aliphatic carbocycles. The standard InChI is InChI=1S/C11H18O5S2/c1-11(2,14)8-5-17-6-9(12)15-3-4-16-10(13)7-18-8/h8,14H,3-7H2,1-2H3. The van der Waals surface area contributed by atoms with Crippen molar-refractivity contribution in [2.75, 3.05) is 30.5 Å². The van der Waals surface area contributed by atoms with Crippen molar-refractivity contribution in [3.63, 3.8) is 0 Å². The molecule has 1 heterocycles. The van der Waals surface area contributed by atoms with Crippen molar-refractivity contribution in [1.29, 1.82) is 0 Å². The number of carbonyl (C=O) groups is 2. The zero-order valence-corrected chi connectivity index (χ0v) is 12.1. The minimum atomic E-state index is -0.911. The summed E-state index contributed by atoms with van der Waals surface area (Å²) in [6.45, 7) is 3.58. The fraction of sp³-hybridized carbons (Fsp3) is 0.818. The van der Waals surface area contributed by atoms with Crippen LogP contribution in [0.4, 0.5) is 0 Å². The molecule has 1 fully saturated rings. The lowest BCUT2D eigenvalue weighted by molar-refractivity contribution is -0.148. The van der Waals surface area contributed by atoms with Crippen LogP contribution in [-0.4, -0.2) is 58.4 Å². The maximum absolute atomic E-state index is 11.4. The van der Waals surface area contributed by atoms with E-state index in [9.17, 15) is 14.7 Å². The van der Waals surface area contributed by atoms with Crippen molar-refractivity contribution in [3.05, 3.63) is 0 Å². The SMILES string of the molecule is CC(C)(O)C1CSCC(=O)OCCOC(=O)CS1. The lowest BCUT2D eigenvalue weighted by Crippen LogP contribution is -2.36. The van der Waals surface area contributed by atoms with Crippen LogP contribution in [-0.2, 0) is 19.1 Å². The third-order valence-corrected chi connectivity index (χ3v) is 5.06. The van der Waals surface area contributed by atoms with Gasteiger partial charge >= 0.3 is 11.9 Å². The van der Waals surface area contributed by atoms with Gasteiger partial charge in [-0.3, -0.25) is 9.59 Å². The van der Waals surface area contributed by atoms with E-state index in [0.717, 1.165) is 0 Å². The molecule has 0 bridgehead atoms. The number of carbonyl (C=O) groups excluding carboxylic acids is 2. The second-order valence-corrected chi connectivity index (χ2v) is 6.63. The first-order valence-corrected chi connectivity index (χ1v) is 7.83. The maximum Gasteiger partial charge on any atom is 0.316 e. The van der Waals surface area contributed by atoms with Crippen LogP contribution in [0, 0.1) is 0 Å². The van der Waals surface area contributed by atoms with Crippen LogP contribution in [0.3, 0.4) is 0 Å². The average molecular weight is 294 g/mol. The Bertz CT molecular complexity index is 300. The molecular formula is C11H18O5S2. The summed E-state index contributed by atoms with van der Waals surface area (Å²) in [5.41, 5.74) is -0.911. The number of rotatable bonds is 1. The molecule has 1 rings (SSSR count). The highest BCUT2D eigenvalue weighted by atomic mass is 32.2. The maximum atomic E-state index is 11.4. The van der Waals surface area contributed by atoms with Crippen molar-refractivity contribution in [1.82, 2.24) is 0 Å². The molecule has 5 nitrogen and oxygen atoms in total. The summed E-state index contributed by atoms with van der Waals surface area (Å²) < 4.78 is 9.78. The largest absolute Gasteiger partial charge is 0.461 e. The van der Waals surface area contributed by atoms with Crippen molar-refractivity contribution >= 4 is 35.5 Å². The fourth-order valence-corrected chi connectivity index (χ4v) is 3.76. The van der Waals surface area contributed by atoms with Crippen molar-refractivity contribution in [2.45, 2.75) is 24.7 Å². The molecule has 1 N–H and O–H groups in total. The number of aliphatic hydroxyl groups is 1. The van der Waals surface area contributed by atoms with Crippen molar-refractivity contribution in [3.8, 4) is 0 Å². The van der Waals surface area contributed by atoms with E-state index in [1.165, 1.54) is 23.5 Å². The first-order valence-electron chi connectivity index (χ1n) is 5.62. The van der Waals surface area contributed by atoms with Gasteiger partial charge < -0.3 is 14.6 Å². The van der Waals surface area contributed by atoms with Crippen LogP contribution in [0.15, 0.2) is 0 Å². The van der Waals surface area contributed by atoms with Crippen molar-refractivity contribution < 1.29 is 24.2 Å². The summed E-state index contributed by atoms with van der Waals surface area (Å²) in [6.07, 6.45) is 0. The smallest absolute Gasteiger partial charge is 0.316 e. The molecule has 1 atom stereocenters. The molecule has 1 saturated heterocycles. The molecular weight excluding hydrogens is 276 g/mol. The van der Waals surface area contributed by atoms with E-state index in [2.05, 4.69) is 0 Å². The number of cyclic esters (lactones) is 2. The zero-order valence-electron chi connectivity index (χ0n) is 10.5. The molecule has 0 saturated carbocycles. The van der Waals surface area contributed by atoms with E-state index >= 15 is 0 Å². The van der Waals surface area contributed by atoms with Gasteiger partial charge in [0.05, 0.1) is 17.1 Å². The van der Waals surface area contributed by atoms with Crippen LogP contribution < -0.4 is 0 Å². The summed E-state index contributed by atoms with van der Waals surface area (Å²) in [7, 11) is 0. The van der Waals surface area contributed by atoms with E-state index in [-0.39, 0.29) is 41.9 Å². The van der Waals surface area contributed by atoms with E-state index in [1.54, 1.807) is 13.8 Å². The van der Waals surface area contributed by atoms with Gasteiger partial charge in [0.15, 0.2) is 0 Å². The van der Waals surface area contributed by atoms with Gasteiger partial charge in [0.25, 0.3) is 0 Å². The molecule has 104 valence electrons. The predicted molar refractivity (Wildman–Crippen MR) is 71.8 cm³/mol. The van der Waals surface area contributed by atoms with Gasteiger partial charge in [-0.15, -0.1) is 23.5 Å². The Morgan fingerprint density at radius 3 is 2.28 bits per heavy atom. The van der Waals surface area contributed by atoms with Crippen LogP contribution in [0.2, 0.25) is 0 Å². The second kappa shape index (κ2) is 7.25. The van der Waals surface area contributed by atoms with Gasteiger partial charge in [-0.2, -0.15) is 0 Å². The molecule has 1 unspecified atom stereocenters. The summed E-state index contributed by atoms with van der Waals surface area (Å²) >= 11 is 2.76. The first-order chi connectivity index (χ1) is 8.39. The zero-order chi connectivity index (χ0) is 13.6. The van der Waals surface area contributed by atoms with Gasteiger partial charge in [-0.05, 0) is 13.8 Å². The minimum absolute atomic E-state index is 0.0863. The lowest BCUT2D eigenvalue weighted by Gasteiger charge is -2.28. The summed E-state index contributed by atoms with van der Waals surface area (Å²) in [5.74, 6) is 0.354. The van der Waals surface area contributed by atoms with Gasteiger partial charge in [0.2, 0.25) is 0 Å². The Kier molecular flexibility index (Phi) is 6.31. The molecule has 0 radical (unpaired) electrons. The van der Waals surface area contributed by atoms with Crippen molar-refractivity contribution in [2.24, 2.45) is 0 Å². The number of thioether (sulfide) groups is 2. The molecule has 1 aliphatic rings. The average Bonchev–Trinajstić information content (AvgIpc) is 2.25. The normalized spacial score (nSPS) is 24.5. The van der Waals surface area contributed by atoms with E-state index in [1.807, 2.05) is 0 Å². The number of ether oxygens (including phenoxy) is 2. The Hall–Kier alpha value is -0.400. The molecule has 1 aliphatic heterocycles. The molecule has 18 heavy (non-hydrogen) atoms. The number of esters is 2. The summed E-state index contributed by atoms with van der Waals surface area (Å²) in [4.78, 5) is 22.7. The predicted octanol–water partition coefficient (Wildman–Crippen LogP) is 0.692. The fourth-order valence-electron chi connectivity index (χ4n) is 1.27. The van der Waals surface area contributed by atoms with Crippen LogP contribution in [0.25, 0.3) is 0 Å². The Morgan fingerprint density at radius 2 is 1.72 bits per heavy atom. The monoisotopic (exact) mass is 294 g/mol. The lowest BCUT2D eigenvalue weighted by atomic mass is 10.1. The highest BCUT2D eigenvalue weighted by Crippen LogP contribution is 2.27. The molecule has 0 amide bonds. The molecule has 7 heteroatoms. The highest BCUT2D eigenvalue weighted by molar-refractivity contribution is 8.04. The van der Waals surface area contributed by atoms with Crippen LogP contribution in [0.1, 0.15) is 13.8 Å². The van der Waals surface area contributed by atoms with Gasteiger partial charge in [0, 0.05) is 11.0 Å². The first kappa shape index (κ1) is 15.7. The van der Waals surface area contributed by atoms with Gasteiger partial charge in [0.1, 0.15) is 13.2 Å². The quantitative estimate of drug-likeness (QED) is 0.713. The minimum Gasteiger partial charge on any atom is -0.461 e. The van der Waals surface area contributed by atoms with E-state index < -0.39 is 5.60 Å². The Labute approximate surface area is 115 Å². The van der Waals surface area contributed by atoms with Gasteiger partial charge in [-0.25, -0.2) is 0 Å². The third-order valence-electron chi connectivity index (χ3n) is 2.29. The summed E-state index contributed by atoms with van der Waals surface area (Å²) in [6, 6.07) is 0. The Balaban J connectivity index is 2.58. The third kappa shape index (κ3) is 5.97. The molecule has 0 aromatic heterocycles. The second-order valence-electron chi connectivity index (χ2n) is 4.41. The highest BCUT2D eigenvalue weighted by Gasteiger charge is 2.28. The summed E-state index contributed by atoms with van der Waals surface area (Å²) in [5, 5.41) is 9.86. The molecule has 0 aromatic carbocycles. The topological polar surface area (TPSA) is 72.8 Å². The molecule has 0 aromatic rings. The number of hydrogen-bond acceptors (Lipinski definition) is 7. The van der Waals surface area contributed by atoms with Gasteiger partial charge in [-0.1, -0.05) is 0 Å². The number of hydrogen-bond donors (Lipinski definition) is 1. The van der Waals surface area contributed by atoms with Crippen LogP contribution >= 0.6 is 23.5 Å².